The molecule has 1 atom stereocenters. The van der Waals surface area contributed by atoms with Gasteiger partial charge in [-0.15, -0.1) is 0 Å². The van der Waals surface area contributed by atoms with E-state index in [-0.39, 0.29) is 0 Å². The van der Waals surface area contributed by atoms with Crippen LogP contribution in [0, 0.1) is 12.8 Å². The lowest BCUT2D eigenvalue weighted by molar-refractivity contribution is -0.145. The number of hydrogen-bond donors (Lipinski definition) is 1. The lowest BCUT2D eigenvalue weighted by Crippen LogP contribution is -2.27. The van der Waals surface area contributed by atoms with E-state index in [0.717, 1.165) is 12.0 Å². The molecule has 1 N–H and O–H groups in total. The van der Waals surface area contributed by atoms with E-state index in [2.05, 4.69) is 13.8 Å². The van der Waals surface area contributed by atoms with Crippen molar-refractivity contribution >= 4 is 5.97 Å². The summed E-state index contributed by atoms with van der Waals surface area (Å²) in [5.74, 6) is 0.214. The molecule has 17 heavy (non-hydrogen) atoms. The SMILES string of the molecule is Cc1cccc(OC(CCC(C)C)C(=O)O)c1. The number of aryl methyl sites for hydroxylation is 1. The fourth-order valence-corrected chi connectivity index (χ4v) is 1.57. The number of hydrogen-bond acceptors (Lipinski definition) is 2. The summed E-state index contributed by atoms with van der Waals surface area (Å²) in [7, 11) is 0. The number of ether oxygens (including phenoxy) is 1. The van der Waals surface area contributed by atoms with Crippen LogP contribution in [0.15, 0.2) is 24.3 Å². The molecule has 0 saturated heterocycles. The summed E-state index contributed by atoms with van der Waals surface area (Å²) in [4.78, 5) is 11.1. The Labute approximate surface area is 102 Å². The number of aliphatic carboxylic acids is 1. The third-order valence-electron chi connectivity index (χ3n) is 2.55. The average Bonchev–Trinajstić information content (AvgIpc) is 2.23. The fraction of sp³-hybridized carbons (Fsp3) is 0.500. The maximum atomic E-state index is 11.1. The van der Waals surface area contributed by atoms with Crippen molar-refractivity contribution in [3.8, 4) is 5.75 Å². The molecule has 3 nitrogen and oxygen atoms in total. The number of carboxylic acid groups (broad SMARTS) is 1. The van der Waals surface area contributed by atoms with Crippen LogP contribution in [0.1, 0.15) is 32.3 Å². The quantitative estimate of drug-likeness (QED) is 0.824. The van der Waals surface area contributed by atoms with Crippen molar-refractivity contribution < 1.29 is 14.6 Å². The second kappa shape index (κ2) is 6.28. The van der Waals surface area contributed by atoms with E-state index in [9.17, 15) is 4.79 Å². The molecule has 0 aliphatic rings. The molecular weight excluding hydrogens is 216 g/mol. The maximum absolute atomic E-state index is 11.1. The minimum atomic E-state index is -0.896. The summed E-state index contributed by atoms with van der Waals surface area (Å²) in [5.41, 5.74) is 1.07. The van der Waals surface area contributed by atoms with Gasteiger partial charge in [0.15, 0.2) is 6.10 Å². The van der Waals surface area contributed by atoms with Crippen LogP contribution in [0.2, 0.25) is 0 Å². The van der Waals surface area contributed by atoms with Crippen LogP contribution >= 0.6 is 0 Å². The van der Waals surface area contributed by atoms with Gasteiger partial charge in [-0.05, 0) is 43.4 Å². The van der Waals surface area contributed by atoms with Crippen LogP contribution in [-0.2, 0) is 4.79 Å². The summed E-state index contributed by atoms with van der Waals surface area (Å²) < 4.78 is 5.51. The zero-order valence-electron chi connectivity index (χ0n) is 10.6. The third kappa shape index (κ3) is 4.89. The van der Waals surface area contributed by atoms with Crippen LogP contribution < -0.4 is 4.74 Å². The molecule has 0 spiro atoms. The molecule has 0 amide bonds. The van der Waals surface area contributed by atoms with E-state index in [4.69, 9.17) is 9.84 Å². The average molecular weight is 236 g/mol. The van der Waals surface area contributed by atoms with E-state index in [1.165, 1.54) is 0 Å². The number of carboxylic acids is 1. The topological polar surface area (TPSA) is 46.5 Å². The maximum Gasteiger partial charge on any atom is 0.344 e. The van der Waals surface area contributed by atoms with Crippen molar-refractivity contribution in [2.45, 2.75) is 39.7 Å². The van der Waals surface area contributed by atoms with E-state index in [0.29, 0.717) is 18.1 Å². The number of carbonyl (C=O) groups is 1. The zero-order chi connectivity index (χ0) is 12.8. The van der Waals surface area contributed by atoms with Gasteiger partial charge in [0.05, 0.1) is 0 Å². The van der Waals surface area contributed by atoms with Crippen molar-refractivity contribution in [1.29, 1.82) is 0 Å². The molecule has 0 aliphatic heterocycles. The number of rotatable bonds is 6. The molecule has 0 radical (unpaired) electrons. The van der Waals surface area contributed by atoms with E-state index < -0.39 is 12.1 Å². The smallest absolute Gasteiger partial charge is 0.344 e. The van der Waals surface area contributed by atoms with Gasteiger partial charge in [-0.25, -0.2) is 4.79 Å². The van der Waals surface area contributed by atoms with Gasteiger partial charge in [-0.1, -0.05) is 26.0 Å². The highest BCUT2D eigenvalue weighted by Crippen LogP contribution is 2.17. The van der Waals surface area contributed by atoms with E-state index >= 15 is 0 Å². The molecule has 0 heterocycles. The minimum absolute atomic E-state index is 0.484. The van der Waals surface area contributed by atoms with Crippen LogP contribution in [0.25, 0.3) is 0 Å². The Hall–Kier alpha value is -1.51. The normalized spacial score (nSPS) is 12.5. The van der Waals surface area contributed by atoms with Crippen molar-refractivity contribution in [2.24, 2.45) is 5.92 Å². The van der Waals surface area contributed by atoms with Gasteiger partial charge >= 0.3 is 5.97 Å². The second-order valence-corrected chi connectivity index (χ2v) is 4.73. The molecule has 1 aromatic carbocycles. The highest BCUT2D eigenvalue weighted by molar-refractivity contribution is 5.72. The first-order valence-corrected chi connectivity index (χ1v) is 5.95. The highest BCUT2D eigenvalue weighted by atomic mass is 16.5. The molecule has 3 heteroatoms. The summed E-state index contributed by atoms with van der Waals surface area (Å²) in [5, 5.41) is 9.09. The molecule has 1 rings (SSSR count). The lowest BCUT2D eigenvalue weighted by Gasteiger charge is -2.16. The van der Waals surface area contributed by atoms with Gasteiger partial charge in [-0.2, -0.15) is 0 Å². The fourth-order valence-electron chi connectivity index (χ4n) is 1.57. The Balaban J connectivity index is 2.63. The van der Waals surface area contributed by atoms with Crippen molar-refractivity contribution in [3.63, 3.8) is 0 Å². The van der Waals surface area contributed by atoms with Crippen LogP contribution in [0.4, 0.5) is 0 Å². The first kappa shape index (κ1) is 13.6. The molecule has 1 aromatic rings. The van der Waals surface area contributed by atoms with Crippen LogP contribution in [0.3, 0.4) is 0 Å². The zero-order valence-corrected chi connectivity index (χ0v) is 10.6. The predicted molar refractivity (Wildman–Crippen MR) is 67.3 cm³/mol. The lowest BCUT2D eigenvalue weighted by atomic mass is 10.0. The molecule has 94 valence electrons. The van der Waals surface area contributed by atoms with Crippen LogP contribution in [-0.4, -0.2) is 17.2 Å². The predicted octanol–water partition coefficient (Wildman–Crippen LogP) is 3.26. The monoisotopic (exact) mass is 236 g/mol. The molecule has 0 aliphatic carbocycles. The van der Waals surface area contributed by atoms with E-state index in [1.54, 1.807) is 6.07 Å². The highest BCUT2D eigenvalue weighted by Gasteiger charge is 2.19. The van der Waals surface area contributed by atoms with Gasteiger partial charge in [0.2, 0.25) is 0 Å². The molecule has 0 aromatic heterocycles. The van der Waals surface area contributed by atoms with Crippen molar-refractivity contribution in [2.75, 3.05) is 0 Å². The Kier molecular flexibility index (Phi) is 5.01. The first-order chi connectivity index (χ1) is 7.99. The Morgan fingerprint density at radius 2 is 2.06 bits per heavy atom. The Morgan fingerprint density at radius 3 is 2.59 bits per heavy atom. The molecule has 1 unspecified atom stereocenters. The summed E-state index contributed by atoms with van der Waals surface area (Å²) in [6.45, 7) is 6.11. The standard InChI is InChI=1S/C14H20O3/c1-10(2)7-8-13(14(15)16)17-12-6-4-5-11(3)9-12/h4-6,9-10,13H,7-8H2,1-3H3,(H,15,16). The molecule has 0 fully saturated rings. The molecule has 0 saturated carbocycles. The van der Waals surface area contributed by atoms with Gasteiger partial charge in [-0.3, -0.25) is 0 Å². The van der Waals surface area contributed by atoms with Gasteiger partial charge in [0, 0.05) is 0 Å². The first-order valence-electron chi connectivity index (χ1n) is 5.95. The van der Waals surface area contributed by atoms with Crippen molar-refractivity contribution in [1.82, 2.24) is 0 Å². The largest absolute Gasteiger partial charge is 0.479 e. The van der Waals surface area contributed by atoms with Crippen LogP contribution in [0.5, 0.6) is 5.75 Å². The van der Waals surface area contributed by atoms with E-state index in [1.807, 2.05) is 25.1 Å². The molecular formula is C14H20O3. The number of benzene rings is 1. The molecule has 0 bridgehead atoms. The second-order valence-electron chi connectivity index (χ2n) is 4.73. The third-order valence-corrected chi connectivity index (χ3v) is 2.55. The Bertz CT molecular complexity index is 371. The minimum Gasteiger partial charge on any atom is -0.479 e. The summed E-state index contributed by atoms with van der Waals surface area (Å²) >= 11 is 0. The van der Waals surface area contributed by atoms with Gasteiger partial charge in [0.25, 0.3) is 0 Å². The summed E-state index contributed by atoms with van der Waals surface area (Å²) in [6, 6.07) is 7.46. The van der Waals surface area contributed by atoms with Gasteiger partial charge < -0.3 is 9.84 Å². The summed E-state index contributed by atoms with van der Waals surface area (Å²) in [6.07, 6.45) is 0.642. The van der Waals surface area contributed by atoms with Crippen molar-refractivity contribution in [3.05, 3.63) is 29.8 Å². The van der Waals surface area contributed by atoms with Gasteiger partial charge in [0.1, 0.15) is 5.75 Å². The Morgan fingerprint density at radius 1 is 1.35 bits per heavy atom.